The second-order valence-electron chi connectivity index (χ2n) is 17.9. The van der Waals surface area contributed by atoms with Crippen LogP contribution in [-0.4, -0.2) is 152 Å². The number of nitrogens with zero attached hydrogens (tertiary/aromatic N) is 1. The van der Waals surface area contributed by atoms with Crippen molar-refractivity contribution in [3.8, 4) is 0 Å². The van der Waals surface area contributed by atoms with Crippen LogP contribution in [0.15, 0.2) is 0 Å². The summed E-state index contributed by atoms with van der Waals surface area (Å²) in [6.07, 6.45) is -9.91. The van der Waals surface area contributed by atoms with Crippen molar-refractivity contribution in [2.75, 3.05) is 14.2 Å². The van der Waals surface area contributed by atoms with Crippen LogP contribution >= 0.6 is 0 Å². The van der Waals surface area contributed by atoms with E-state index in [4.69, 9.17) is 28.4 Å². The summed E-state index contributed by atoms with van der Waals surface area (Å²) in [6, 6.07) is -0.206. The van der Waals surface area contributed by atoms with Crippen LogP contribution in [0.4, 0.5) is 0 Å². The van der Waals surface area contributed by atoms with Crippen LogP contribution < -0.4 is 0 Å². The molecule has 0 aliphatic carbocycles. The topological polar surface area (TPSA) is 197 Å². The van der Waals surface area contributed by atoms with Gasteiger partial charge in [-0.15, -0.1) is 0 Å². The van der Waals surface area contributed by atoms with Crippen LogP contribution in [0.25, 0.3) is 0 Å². The molecule has 0 saturated carbocycles. The van der Waals surface area contributed by atoms with Crippen molar-refractivity contribution in [1.29, 1.82) is 0 Å². The van der Waals surface area contributed by atoms with Crippen molar-refractivity contribution in [2.24, 2.45) is 23.7 Å². The van der Waals surface area contributed by atoms with Crippen LogP contribution in [0.5, 0.6) is 0 Å². The second kappa shape index (κ2) is 18.7. The monoisotopic (exact) mass is 778 g/mol. The summed E-state index contributed by atoms with van der Waals surface area (Å²) < 4.78 is 37.6. The Labute approximate surface area is 323 Å². The van der Waals surface area contributed by atoms with Gasteiger partial charge in [-0.1, -0.05) is 34.1 Å². The standard InChI is InChI=1S/C40H75NO13/c1-15-16-28-40(12,48)33(44)23(6)30(42)21(4)18-38(10,47)35(54-37-31(43)27(17-22(5)50-37)41(13)20(2)3)24(7)32(25(8)36(46)52-28)53-29-19-39(11,49-14)34(45)26(9)51-29/h20-35,37,42-45,47-48H,15-19H2,1-14H3/t21-,22?,23+,24+,25-,26?,27?,28-,29?,30+,31?,32+,33-,34?,35-,37?,38-,39?,40-/m1/s1. The van der Waals surface area contributed by atoms with E-state index in [1.165, 1.54) is 14.0 Å². The zero-order chi connectivity index (χ0) is 41.2. The average Bonchev–Trinajstić information content (AvgIpc) is 3.09. The molecule has 3 heterocycles. The molecule has 14 heteroatoms. The van der Waals surface area contributed by atoms with Gasteiger partial charge in [0.1, 0.15) is 23.9 Å². The van der Waals surface area contributed by atoms with Crippen LogP contribution in [0.2, 0.25) is 0 Å². The molecular formula is C40H75NO13. The SMILES string of the molecule is CCC[C@H]1OC(=O)[C@H](C)[C@@H](OC2CC(C)(OC)C(O)C(C)O2)[C@H](C)[C@@H](OC2OC(C)CC(N(C)C(C)C)C2O)[C@](C)(O)C[C@@H](C)[C@H](O)[C@H](C)[C@@H](O)[C@]1(C)O. The summed E-state index contributed by atoms with van der Waals surface area (Å²) >= 11 is 0. The number of ether oxygens (including phenoxy) is 6. The highest BCUT2D eigenvalue weighted by molar-refractivity contribution is 5.73. The van der Waals surface area contributed by atoms with Gasteiger partial charge in [-0.3, -0.25) is 9.69 Å². The molecule has 0 aromatic heterocycles. The molecule has 19 atom stereocenters. The van der Waals surface area contributed by atoms with E-state index in [-0.39, 0.29) is 37.5 Å². The van der Waals surface area contributed by atoms with Gasteiger partial charge >= 0.3 is 5.97 Å². The molecule has 3 fully saturated rings. The fourth-order valence-electron chi connectivity index (χ4n) is 8.98. The lowest BCUT2D eigenvalue weighted by Crippen LogP contribution is -2.62. The summed E-state index contributed by atoms with van der Waals surface area (Å²) in [5.41, 5.74) is -4.72. The smallest absolute Gasteiger partial charge is 0.311 e. The summed E-state index contributed by atoms with van der Waals surface area (Å²) in [5.74, 6) is -4.11. The number of aliphatic hydroxyl groups excluding tert-OH is 4. The number of aliphatic hydroxyl groups is 6. The molecule has 0 aromatic rings. The van der Waals surface area contributed by atoms with Crippen LogP contribution in [-0.2, 0) is 33.2 Å². The molecule has 3 aliphatic heterocycles. The van der Waals surface area contributed by atoms with E-state index < -0.39 is 108 Å². The highest BCUT2D eigenvalue weighted by Gasteiger charge is 2.53. The third-order valence-corrected chi connectivity index (χ3v) is 12.9. The highest BCUT2D eigenvalue weighted by Crippen LogP contribution is 2.41. The predicted octanol–water partition coefficient (Wildman–Crippen LogP) is 2.75. The van der Waals surface area contributed by atoms with Gasteiger partial charge in [0.05, 0.1) is 53.7 Å². The Morgan fingerprint density at radius 3 is 2.06 bits per heavy atom. The summed E-state index contributed by atoms with van der Waals surface area (Å²) in [5, 5.41) is 70.1. The van der Waals surface area contributed by atoms with E-state index in [2.05, 4.69) is 4.90 Å². The zero-order valence-electron chi connectivity index (χ0n) is 35.3. The largest absolute Gasteiger partial charge is 0.459 e. The van der Waals surface area contributed by atoms with Crippen molar-refractivity contribution in [3.05, 3.63) is 0 Å². The lowest BCUT2D eigenvalue weighted by molar-refractivity contribution is -0.319. The van der Waals surface area contributed by atoms with Crippen molar-refractivity contribution in [1.82, 2.24) is 4.90 Å². The average molecular weight is 778 g/mol. The molecule has 3 aliphatic rings. The van der Waals surface area contributed by atoms with Crippen LogP contribution in [0.1, 0.15) is 115 Å². The van der Waals surface area contributed by atoms with Gasteiger partial charge in [-0.2, -0.15) is 0 Å². The number of esters is 1. The minimum Gasteiger partial charge on any atom is -0.459 e. The van der Waals surface area contributed by atoms with Gasteiger partial charge in [-0.25, -0.2) is 0 Å². The van der Waals surface area contributed by atoms with Gasteiger partial charge in [-0.05, 0) is 87.6 Å². The molecule has 0 radical (unpaired) electrons. The van der Waals surface area contributed by atoms with Gasteiger partial charge < -0.3 is 59.1 Å². The number of rotatable bonds is 9. The van der Waals surface area contributed by atoms with E-state index in [0.717, 1.165) is 0 Å². The van der Waals surface area contributed by atoms with E-state index >= 15 is 0 Å². The minimum atomic E-state index is -1.94. The molecule has 0 bridgehead atoms. The maximum Gasteiger partial charge on any atom is 0.311 e. The number of likely N-dealkylation sites (N-methyl/N-ethyl adjacent to an activating group) is 1. The van der Waals surface area contributed by atoms with E-state index in [1.807, 2.05) is 34.7 Å². The van der Waals surface area contributed by atoms with Crippen molar-refractivity contribution in [3.63, 3.8) is 0 Å². The summed E-state index contributed by atoms with van der Waals surface area (Å²) in [4.78, 5) is 16.3. The Balaban J connectivity index is 2.20. The lowest BCUT2D eigenvalue weighted by atomic mass is 9.73. The molecular weight excluding hydrogens is 702 g/mol. The number of carbonyl (C=O) groups is 1. The highest BCUT2D eigenvalue weighted by atomic mass is 16.7. The Hall–Kier alpha value is -1.01. The predicted molar refractivity (Wildman–Crippen MR) is 201 cm³/mol. The maximum atomic E-state index is 14.3. The Morgan fingerprint density at radius 2 is 1.50 bits per heavy atom. The van der Waals surface area contributed by atoms with E-state index in [1.54, 1.807) is 48.5 Å². The second-order valence-corrected chi connectivity index (χ2v) is 17.9. The number of methoxy groups -OCH3 is 1. The first kappa shape index (κ1) is 47.4. The number of hydrogen-bond acceptors (Lipinski definition) is 14. The van der Waals surface area contributed by atoms with Crippen LogP contribution in [0.3, 0.4) is 0 Å². The molecule has 0 amide bonds. The molecule has 318 valence electrons. The Bertz CT molecular complexity index is 1190. The molecule has 0 aromatic carbocycles. The van der Waals surface area contributed by atoms with Gasteiger partial charge in [0.2, 0.25) is 0 Å². The molecule has 54 heavy (non-hydrogen) atoms. The third-order valence-electron chi connectivity index (χ3n) is 12.9. The summed E-state index contributed by atoms with van der Waals surface area (Å²) in [6.45, 7) is 21.0. The molecule has 6 N–H and O–H groups in total. The molecule has 3 rings (SSSR count). The first-order valence-electron chi connectivity index (χ1n) is 20.1. The van der Waals surface area contributed by atoms with Crippen molar-refractivity contribution < 1.29 is 63.9 Å². The van der Waals surface area contributed by atoms with Gasteiger partial charge in [0, 0.05) is 37.5 Å². The quantitative estimate of drug-likeness (QED) is 0.187. The maximum absolute atomic E-state index is 14.3. The van der Waals surface area contributed by atoms with Crippen molar-refractivity contribution >= 4 is 5.97 Å². The number of carbonyl (C=O) groups excluding carboxylic acids is 1. The fraction of sp³-hybridized carbons (Fsp3) is 0.975. The normalized spacial score (nSPS) is 49.1. The van der Waals surface area contributed by atoms with Gasteiger partial charge in [0.15, 0.2) is 12.6 Å². The first-order valence-corrected chi connectivity index (χ1v) is 20.1. The van der Waals surface area contributed by atoms with Crippen molar-refractivity contribution in [2.45, 2.75) is 212 Å². The zero-order valence-corrected chi connectivity index (χ0v) is 35.3. The number of cyclic esters (lactones) is 1. The molecule has 14 nitrogen and oxygen atoms in total. The minimum absolute atomic E-state index is 0.0368. The summed E-state index contributed by atoms with van der Waals surface area (Å²) in [7, 11) is 3.43. The fourth-order valence-corrected chi connectivity index (χ4v) is 8.98. The lowest BCUT2D eigenvalue weighted by Gasteiger charge is -2.49. The van der Waals surface area contributed by atoms with E-state index in [0.29, 0.717) is 12.8 Å². The molecule has 3 saturated heterocycles. The third kappa shape index (κ3) is 10.3. The van der Waals surface area contributed by atoms with Crippen LogP contribution in [0, 0.1) is 23.7 Å². The number of hydrogen-bond donors (Lipinski definition) is 6. The Kier molecular flexibility index (Phi) is 16.4. The van der Waals surface area contributed by atoms with E-state index in [9.17, 15) is 35.4 Å². The van der Waals surface area contributed by atoms with Gasteiger partial charge in [0.25, 0.3) is 0 Å². The Morgan fingerprint density at radius 1 is 0.889 bits per heavy atom. The molecule has 8 unspecified atom stereocenters. The molecule has 0 spiro atoms. The first-order chi connectivity index (χ1) is 24.8.